The lowest BCUT2D eigenvalue weighted by Gasteiger charge is -2.30. The summed E-state index contributed by atoms with van der Waals surface area (Å²) >= 11 is 0. The zero-order valence-corrected chi connectivity index (χ0v) is 11.3. The first-order chi connectivity index (χ1) is 10.2. The monoisotopic (exact) mass is 285 g/mol. The molecule has 0 aliphatic carbocycles. The largest absolute Gasteiger partial charge is 0.391 e. The topological polar surface area (TPSA) is 117 Å². The molecule has 0 bridgehead atoms. The highest BCUT2D eigenvalue weighted by Crippen LogP contribution is 2.28. The summed E-state index contributed by atoms with van der Waals surface area (Å²) in [7, 11) is 0. The van der Waals surface area contributed by atoms with Crippen LogP contribution in [0.1, 0.15) is 18.4 Å². The van der Waals surface area contributed by atoms with Gasteiger partial charge in [-0.25, -0.2) is 9.97 Å². The summed E-state index contributed by atoms with van der Waals surface area (Å²) in [6, 6.07) is 3.76. The molecule has 0 spiro atoms. The molecule has 21 heavy (non-hydrogen) atoms. The number of piperidine rings is 1. The van der Waals surface area contributed by atoms with Gasteiger partial charge in [-0.05, 0) is 12.8 Å². The molecular formula is C13H15N7O. The van der Waals surface area contributed by atoms with E-state index >= 15 is 0 Å². The van der Waals surface area contributed by atoms with E-state index in [1.807, 2.05) is 4.90 Å². The molecule has 0 aromatic carbocycles. The van der Waals surface area contributed by atoms with Crippen LogP contribution in [0.2, 0.25) is 0 Å². The Morgan fingerprint density at radius 3 is 3.00 bits per heavy atom. The first-order valence-electron chi connectivity index (χ1n) is 6.68. The summed E-state index contributed by atoms with van der Waals surface area (Å²) in [5, 5.41) is 23.5. The van der Waals surface area contributed by atoms with E-state index in [1.165, 1.54) is 11.0 Å². The Morgan fingerprint density at radius 2 is 2.33 bits per heavy atom. The molecule has 8 heteroatoms. The summed E-state index contributed by atoms with van der Waals surface area (Å²) < 4.78 is 1.43. The van der Waals surface area contributed by atoms with Crippen molar-refractivity contribution in [2.24, 2.45) is 0 Å². The van der Waals surface area contributed by atoms with Crippen molar-refractivity contribution in [3.63, 3.8) is 0 Å². The molecule has 108 valence electrons. The highest BCUT2D eigenvalue weighted by Gasteiger charge is 2.26. The Labute approximate surface area is 121 Å². The predicted molar refractivity (Wildman–Crippen MR) is 75.7 cm³/mol. The lowest BCUT2D eigenvalue weighted by Crippen LogP contribution is -2.38. The Kier molecular flexibility index (Phi) is 3.41. The Morgan fingerprint density at radius 1 is 1.48 bits per heavy atom. The van der Waals surface area contributed by atoms with Crippen LogP contribution in [0.4, 0.5) is 11.6 Å². The van der Waals surface area contributed by atoms with Crippen LogP contribution in [0.3, 0.4) is 0 Å². The molecule has 0 radical (unpaired) electrons. The third-order valence-corrected chi connectivity index (χ3v) is 3.49. The number of hydrogen-bond donors (Lipinski definition) is 2. The lowest BCUT2D eigenvalue weighted by atomic mass is 10.1. The van der Waals surface area contributed by atoms with Crippen LogP contribution in [0.25, 0.3) is 5.82 Å². The number of aliphatic hydroxyl groups excluding tert-OH is 1. The fraction of sp³-hybridized carbons (Fsp3) is 0.385. The van der Waals surface area contributed by atoms with Gasteiger partial charge in [0.05, 0.1) is 6.10 Å². The van der Waals surface area contributed by atoms with E-state index in [2.05, 4.69) is 21.1 Å². The van der Waals surface area contributed by atoms with Crippen molar-refractivity contribution in [3.05, 3.63) is 24.2 Å². The first-order valence-corrected chi connectivity index (χ1v) is 6.68. The predicted octanol–water partition coefficient (Wildman–Crippen LogP) is 0.0773. The van der Waals surface area contributed by atoms with Gasteiger partial charge in [0.25, 0.3) is 0 Å². The maximum Gasteiger partial charge on any atom is 0.171 e. The Bertz CT molecular complexity index is 676. The van der Waals surface area contributed by atoms with Crippen LogP contribution in [-0.4, -0.2) is 44.0 Å². The third kappa shape index (κ3) is 2.39. The molecule has 2 aromatic rings. The molecule has 3 N–H and O–H groups in total. The third-order valence-electron chi connectivity index (χ3n) is 3.49. The first kappa shape index (κ1) is 13.3. The fourth-order valence-corrected chi connectivity index (χ4v) is 2.48. The van der Waals surface area contributed by atoms with Crippen LogP contribution < -0.4 is 10.6 Å². The van der Waals surface area contributed by atoms with E-state index < -0.39 is 6.10 Å². The van der Waals surface area contributed by atoms with Gasteiger partial charge in [-0.3, -0.25) is 0 Å². The van der Waals surface area contributed by atoms with Gasteiger partial charge >= 0.3 is 0 Å². The number of rotatable bonds is 2. The van der Waals surface area contributed by atoms with Gasteiger partial charge in [-0.15, -0.1) is 5.10 Å². The second kappa shape index (κ2) is 5.38. The number of hydrogen-bond acceptors (Lipinski definition) is 7. The minimum Gasteiger partial charge on any atom is -0.391 e. The van der Waals surface area contributed by atoms with Crippen molar-refractivity contribution in [1.82, 2.24) is 19.7 Å². The Hall–Kier alpha value is -2.66. The molecule has 3 rings (SSSR count). The molecule has 1 aliphatic heterocycles. The van der Waals surface area contributed by atoms with Crippen LogP contribution in [-0.2, 0) is 0 Å². The maximum absolute atomic E-state index is 9.79. The minimum absolute atomic E-state index is 0.242. The summed E-state index contributed by atoms with van der Waals surface area (Å²) in [4.78, 5) is 9.83. The highest BCUT2D eigenvalue weighted by atomic mass is 16.3. The van der Waals surface area contributed by atoms with Crippen LogP contribution >= 0.6 is 0 Å². The normalized spacial score (nSPS) is 18.5. The molecule has 1 aliphatic rings. The molecule has 3 heterocycles. The molecule has 8 nitrogen and oxygen atoms in total. The van der Waals surface area contributed by atoms with Crippen molar-refractivity contribution < 1.29 is 5.11 Å². The van der Waals surface area contributed by atoms with Crippen molar-refractivity contribution in [3.8, 4) is 11.9 Å². The number of aromatic nitrogens is 4. The average molecular weight is 285 g/mol. The number of nitriles is 1. The summed E-state index contributed by atoms with van der Waals surface area (Å²) in [6.07, 6.45) is 4.19. The van der Waals surface area contributed by atoms with Crippen LogP contribution in [0.15, 0.2) is 18.6 Å². The van der Waals surface area contributed by atoms with E-state index in [0.29, 0.717) is 23.7 Å². The lowest BCUT2D eigenvalue weighted by molar-refractivity contribution is 0.154. The van der Waals surface area contributed by atoms with E-state index in [0.717, 1.165) is 19.4 Å². The quantitative estimate of drug-likeness (QED) is 0.802. The van der Waals surface area contributed by atoms with Crippen molar-refractivity contribution in [2.45, 2.75) is 18.9 Å². The second-order valence-electron chi connectivity index (χ2n) is 4.92. The van der Waals surface area contributed by atoms with Gasteiger partial charge < -0.3 is 15.7 Å². The van der Waals surface area contributed by atoms with Crippen molar-refractivity contribution >= 4 is 11.6 Å². The van der Waals surface area contributed by atoms with Gasteiger partial charge in [0.1, 0.15) is 23.8 Å². The molecule has 2 aromatic heterocycles. The summed E-state index contributed by atoms with van der Waals surface area (Å²) in [5.41, 5.74) is 6.32. The fourth-order valence-electron chi connectivity index (χ4n) is 2.48. The molecule has 1 saturated heterocycles. The van der Waals surface area contributed by atoms with E-state index in [4.69, 9.17) is 5.73 Å². The van der Waals surface area contributed by atoms with E-state index in [9.17, 15) is 10.4 Å². The maximum atomic E-state index is 9.79. The summed E-state index contributed by atoms with van der Waals surface area (Å²) in [5.74, 6) is 1.24. The number of β-amino-alcohol motifs (C(OH)–C–C–N with tert-alkyl or cyclic N) is 1. The molecule has 0 saturated carbocycles. The van der Waals surface area contributed by atoms with Gasteiger partial charge in [0.15, 0.2) is 11.6 Å². The van der Waals surface area contributed by atoms with Crippen LogP contribution in [0.5, 0.6) is 0 Å². The van der Waals surface area contributed by atoms with Gasteiger partial charge in [0, 0.05) is 25.4 Å². The zero-order valence-electron chi connectivity index (χ0n) is 11.3. The number of nitrogens with zero attached hydrogens (tertiary/aromatic N) is 6. The molecule has 1 unspecified atom stereocenters. The zero-order chi connectivity index (χ0) is 14.8. The number of nitrogens with two attached hydrogens (primary N) is 1. The standard InChI is InChI=1S/C13H15N7O/c14-6-10-12(15)20(11-3-4-16-8-17-11)18-13(10)19-5-1-2-9(21)7-19/h3-4,8-9,21H,1-2,5,7,15H2. The average Bonchev–Trinajstić information content (AvgIpc) is 2.85. The molecular weight excluding hydrogens is 270 g/mol. The van der Waals surface area contributed by atoms with E-state index in [1.54, 1.807) is 12.3 Å². The second-order valence-corrected chi connectivity index (χ2v) is 4.92. The highest BCUT2D eigenvalue weighted by molar-refractivity contribution is 5.66. The molecule has 0 amide bonds. The number of anilines is 2. The van der Waals surface area contributed by atoms with Crippen molar-refractivity contribution in [2.75, 3.05) is 23.7 Å². The van der Waals surface area contributed by atoms with Crippen molar-refractivity contribution in [1.29, 1.82) is 5.26 Å². The summed E-state index contributed by atoms with van der Waals surface area (Å²) in [6.45, 7) is 1.20. The number of nitrogen functional groups attached to an aromatic ring is 1. The number of aliphatic hydroxyl groups is 1. The van der Waals surface area contributed by atoms with Gasteiger partial charge in [-0.2, -0.15) is 9.94 Å². The smallest absolute Gasteiger partial charge is 0.171 e. The Balaban J connectivity index is 2.04. The minimum atomic E-state index is -0.407. The SMILES string of the molecule is N#Cc1c(N2CCCC(O)C2)nn(-c2ccncn2)c1N. The van der Waals surface area contributed by atoms with Crippen LogP contribution in [0, 0.1) is 11.3 Å². The van der Waals surface area contributed by atoms with Gasteiger partial charge in [-0.1, -0.05) is 0 Å². The van der Waals surface area contributed by atoms with Gasteiger partial charge in [0.2, 0.25) is 0 Å². The molecule has 1 atom stereocenters. The van der Waals surface area contributed by atoms with E-state index in [-0.39, 0.29) is 5.82 Å². The molecule has 1 fully saturated rings.